The Balaban J connectivity index is -0.000000157. The van der Waals surface area contributed by atoms with Crippen molar-refractivity contribution in [2.24, 2.45) is 11.5 Å². The van der Waals surface area contributed by atoms with Crippen LogP contribution in [0.2, 0.25) is 0 Å². The Bertz CT molecular complexity index is 398. The van der Waals surface area contributed by atoms with E-state index in [2.05, 4.69) is 41.2 Å². The van der Waals surface area contributed by atoms with Gasteiger partial charge >= 0.3 is 5.97 Å². The molecule has 0 aromatic heterocycles. The second kappa shape index (κ2) is 21.5. The van der Waals surface area contributed by atoms with Crippen molar-refractivity contribution in [3.8, 4) is 0 Å². The Morgan fingerprint density at radius 1 is 1.16 bits per heavy atom. The molecule has 5 N–H and O–H groups in total. The molecular weight excluding hydrogens is 385 g/mol. The predicted octanol–water partition coefficient (Wildman–Crippen LogP) is 2.72. The minimum absolute atomic E-state index is 0. The van der Waals surface area contributed by atoms with Crippen molar-refractivity contribution >= 4 is 43.2 Å². The lowest BCUT2D eigenvalue weighted by molar-refractivity contribution is -0.142. The molecule has 0 aliphatic rings. The highest BCUT2D eigenvalue weighted by molar-refractivity contribution is 5.86. The molecule has 0 aliphatic heterocycles. The van der Waals surface area contributed by atoms with Crippen LogP contribution in [-0.4, -0.2) is 38.8 Å². The lowest BCUT2D eigenvalue weighted by atomic mass is 10.1. The van der Waals surface area contributed by atoms with Gasteiger partial charge in [0.1, 0.15) is 6.04 Å². The number of esters is 1. The molecule has 0 amide bonds. The van der Waals surface area contributed by atoms with Crippen LogP contribution in [0.4, 0.5) is 0 Å². The Labute approximate surface area is 170 Å². The highest BCUT2D eigenvalue weighted by Crippen LogP contribution is 2.01. The second-order valence-electron chi connectivity index (χ2n) is 5.29. The molecular formula is C17H34Cl3N3O2. The second-order valence-corrected chi connectivity index (χ2v) is 5.29. The average molecular weight is 419 g/mol. The number of benzene rings is 1. The van der Waals surface area contributed by atoms with E-state index in [1.165, 1.54) is 12.7 Å². The number of ether oxygens (including phenoxy) is 1. The van der Waals surface area contributed by atoms with E-state index < -0.39 is 6.04 Å². The van der Waals surface area contributed by atoms with Crippen LogP contribution in [0.25, 0.3) is 0 Å². The van der Waals surface area contributed by atoms with Crippen molar-refractivity contribution in [1.82, 2.24) is 5.32 Å². The molecule has 1 aromatic rings. The molecule has 0 aliphatic carbocycles. The summed E-state index contributed by atoms with van der Waals surface area (Å²) in [6.07, 6.45) is 3.55. The first-order valence-corrected chi connectivity index (χ1v) is 7.79. The van der Waals surface area contributed by atoms with E-state index in [9.17, 15) is 4.79 Å². The first-order valence-electron chi connectivity index (χ1n) is 7.79. The summed E-state index contributed by atoms with van der Waals surface area (Å²) >= 11 is 0. The van der Waals surface area contributed by atoms with Gasteiger partial charge in [-0.2, -0.15) is 0 Å². The van der Waals surface area contributed by atoms with Gasteiger partial charge in [0.15, 0.2) is 0 Å². The fraction of sp³-hybridized carbons (Fsp3) is 0.588. The number of methoxy groups -OCH3 is 1. The van der Waals surface area contributed by atoms with Crippen molar-refractivity contribution < 1.29 is 9.53 Å². The van der Waals surface area contributed by atoms with Crippen LogP contribution in [-0.2, 0) is 16.0 Å². The summed E-state index contributed by atoms with van der Waals surface area (Å²) in [5.41, 5.74) is 12.1. The Morgan fingerprint density at radius 2 is 1.72 bits per heavy atom. The van der Waals surface area contributed by atoms with Crippen LogP contribution in [0.3, 0.4) is 0 Å². The standard InChI is InChI=1S/C10H15N.C7H16N2O2.3ClH/c1-9(11-2)8-10-6-4-3-5-7-10;1-11-7(10)6(9)4-2-3-5-8;;;/h3-7,9,11H,8H2,1-2H3;6H,2-5,8-9H2,1H3;3*1H/t9-;6-;;;/m00.../s1. The first-order chi connectivity index (χ1) is 10.5. The number of carbonyl (C=O) groups excluding carboxylic acids is 1. The van der Waals surface area contributed by atoms with Crippen LogP contribution in [0.5, 0.6) is 0 Å². The Hall–Kier alpha value is -0.560. The van der Waals surface area contributed by atoms with E-state index in [4.69, 9.17) is 11.5 Å². The molecule has 1 aromatic carbocycles. The largest absolute Gasteiger partial charge is 0.468 e. The number of hydrogen-bond acceptors (Lipinski definition) is 5. The maximum atomic E-state index is 10.7. The van der Waals surface area contributed by atoms with Gasteiger partial charge < -0.3 is 21.5 Å². The van der Waals surface area contributed by atoms with Crippen molar-refractivity contribution in [3.05, 3.63) is 35.9 Å². The minimum atomic E-state index is -0.480. The molecule has 0 saturated carbocycles. The van der Waals surface area contributed by atoms with Crippen LogP contribution in [0.15, 0.2) is 30.3 Å². The van der Waals surface area contributed by atoms with Gasteiger partial charge in [-0.3, -0.25) is 4.79 Å². The van der Waals surface area contributed by atoms with Gasteiger partial charge in [0.2, 0.25) is 0 Å². The SMILES string of the molecule is CN[C@@H](C)Cc1ccccc1.COC(=O)[C@@H](N)CCCCN.Cl.Cl.Cl. The lowest BCUT2D eigenvalue weighted by Crippen LogP contribution is -2.31. The average Bonchev–Trinajstić information content (AvgIpc) is 2.55. The van der Waals surface area contributed by atoms with Crippen molar-refractivity contribution in [3.63, 3.8) is 0 Å². The van der Waals surface area contributed by atoms with Crippen LogP contribution in [0.1, 0.15) is 31.7 Å². The molecule has 5 nitrogen and oxygen atoms in total. The number of nitrogens with one attached hydrogen (secondary N) is 1. The monoisotopic (exact) mass is 417 g/mol. The maximum absolute atomic E-state index is 10.7. The zero-order valence-electron chi connectivity index (χ0n) is 15.3. The van der Waals surface area contributed by atoms with E-state index in [0.717, 1.165) is 19.3 Å². The molecule has 25 heavy (non-hydrogen) atoms. The fourth-order valence-electron chi connectivity index (χ4n) is 1.85. The number of unbranched alkanes of at least 4 members (excludes halogenated alkanes) is 1. The van der Waals surface area contributed by atoms with Crippen LogP contribution >= 0.6 is 37.2 Å². The Kier molecular flexibility index (Phi) is 27.6. The summed E-state index contributed by atoms with van der Waals surface area (Å²) in [7, 11) is 3.33. The quantitative estimate of drug-likeness (QED) is 0.446. The van der Waals surface area contributed by atoms with Crippen molar-refractivity contribution in [2.75, 3.05) is 20.7 Å². The van der Waals surface area contributed by atoms with E-state index in [-0.39, 0.29) is 43.2 Å². The molecule has 0 bridgehead atoms. The van der Waals surface area contributed by atoms with E-state index in [1.807, 2.05) is 13.1 Å². The van der Waals surface area contributed by atoms with Gasteiger partial charge in [-0.1, -0.05) is 36.8 Å². The minimum Gasteiger partial charge on any atom is -0.468 e. The zero-order chi connectivity index (χ0) is 16.8. The third-order valence-electron chi connectivity index (χ3n) is 3.35. The van der Waals surface area contributed by atoms with Crippen molar-refractivity contribution in [2.45, 2.75) is 44.7 Å². The topological polar surface area (TPSA) is 90.4 Å². The molecule has 1 rings (SSSR count). The third-order valence-corrected chi connectivity index (χ3v) is 3.35. The molecule has 8 heteroatoms. The summed E-state index contributed by atoms with van der Waals surface area (Å²) in [6.45, 7) is 2.83. The third kappa shape index (κ3) is 18.0. The van der Waals surface area contributed by atoms with Crippen LogP contribution in [0, 0.1) is 0 Å². The van der Waals surface area contributed by atoms with E-state index >= 15 is 0 Å². The molecule has 0 unspecified atom stereocenters. The summed E-state index contributed by atoms with van der Waals surface area (Å²) in [6, 6.07) is 10.6. The van der Waals surface area contributed by atoms with Gasteiger partial charge in [0.25, 0.3) is 0 Å². The van der Waals surface area contributed by atoms with E-state index in [1.54, 1.807) is 0 Å². The summed E-state index contributed by atoms with van der Waals surface area (Å²) in [5.74, 6) is -0.345. The normalized spacial score (nSPS) is 11.2. The highest BCUT2D eigenvalue weighted by atomic mass is 35.5. The fourth-order valence-corrected chi connectivity index (χ4v) is 1.85. The molecule has 0 radical (unpaired) electrons. The maximum Gasteiger partial charge on any atom is 0.322 e. The number of carbonyl (C=O) groups is 1. The number of likely N-dealkylation sites (N-methyl/N-ethyl adjacent to an activating group) is 1. The number of halogens is 3. The summed E-state index contributed by atoms with van der Waals surface area (Å²) < 4.78 is 4.45. The van der Waals surface area contributed by atoms with Crippen molar-refractivity contribution in [1.29, 1.82) is 0 Å². The molecule has 0 saturated heterocycles. The summed E-state index contributed by atoms with van der Waals surface area (Å²) in [5, 5.41) is 3.21. The molecule has 150 valence electrons. The highest BCUT2D eigenvalue weighted by Gasteiger charge is 2.11. The molecule has 0 heterocycles. The van der Waals surface area contributed by atoms with Gasteiger partial charge in [0.05, 0.1) is 7.11 Å². The number of hydrogen-bond donors (Lipinski definition) is 3. The van der Waals surface area contributed by atoms with Gasteiger partial charge in [-0.15, -0.1) is 37.2 Å². The van der Waals surface area contributed by atoms with Gasteiger partial charge in [-0.25, -0.2) is 0 Å². The zero-order valence-corrected chi connectivity index (χ0v) is 17.7. The predicted molar refractivity (Wildman–Crippen MR) is 113 cm³/mol. The van der Waals surface area contributed by atoms with Gasteiger partial charge in [-0.05, 0) is 45.3 Å². The lowest BCUT2D eigenvalue weighted by Gasteiger charge is -2.08. The number of rotatable bonds is 8. The summed E-state index contributed by atoms with van der Waals surface area (Å²) in [4.78, 5) is 10.7. The smallest absolute Gasteiger partial charge is 0.322 e. The molecule has 0 spiro atoms. The molecule has 0 fully saturated rings. The molecule has 2 atom stereocenters. The van der Waals surface area contributed by atoms with E-state index in [0.29, 0.717) is 19.0 Å². The first kappa shape index (κ1) is 32.1. The van der Waals surface area contributed by atoms with Crippen LogP contribution < -0.4 is 16.8 Å². The Morgan fingerprint density at radius 3 is 2.16 bits per heavy atom. The van der Waals surface area contributed by atoms with Gasteiger partial charge in [0, 0.05) is 6.04 Å². The number of nitrogens with two attached hydrogens (primary N) is 2.